The molecule has 1 saturated heterocycles. The molecule has 2 atom stereocenters. The maximum atomic E-state index is 13.0. The number of morpholine rings is 1. The minimum Gasteiger partial charge on any atom is -0.377 e. The van der Waals surface area contributed by atoms with Gasteiger partial charge < -0.3 is 9.64 Å². The third kappa shape index (κ3) is 2.84. The van der Waals surface area contributed by atoms with E-state index in [-0.39, 0.29) is 6.04 Å². The first-order valence-electron chi connectivity index (χ1n) is 9.39. The van der Waals surface area contributed by atoms with Gasteiger partial charge in [0, 0.05) is 38.3 Å². The van der Waals surface area contributed by atoms with Crippen LogP contribution >= 0.6 is 0 Å². The lowest BCUT2D eigenvalue weighted by Crippen LogP contribution is -2.44. The Balaban J connectivity index is 1.83. The molecule has 0 amide bonds. The average molecular weight is 414 g/mol. The molecule has 10 nitrogen and oxygen atoms in total. The van der Waals surface area contributed by atoms with Crippen LogP contribution in [0.25, 0.3) is 27.8 Å². The Morgan fingerprint density at radius 2 is 2.17 bits per heavy atom. The van der Waals surface area contributed by atoms with Crippen LogP contribution in [0.1, 0.15) is 6.92 Å². The highest BCUT2D eigenvalue weighted by Gasteiger charge is 2.26. The maximum absolute atomic E-state index is 13.0. The second-order valence-corrected chi connectivity index (χ2v) is 8.82. The summed E-state index contributed by atoms with van der Waals surface area (Å²) in [6.07, 6.45) is 5.29. The highest BCUT2D eigenvalue weighted by molar-refractivity contribution is 7.81. The topological polar surface area (TPSA) is 97.1 Å². The van der Waals surface area contributed by atoms with Crippen molar-refractivity contribution in [2.75, 3.05) is 38.8 Å². The molecule has 0 bridgehead atoms. The van der Waals surface area contributed by atoms with Crippen LogP contribution in [0.5, 0.6) is 0 Å². The monoisotopic (exact) mass is 414 g/mol. The first-order valence-corrected chi connectivity index (χ1v) is 10.4. The van der Waals surface area contributed by atoms with Crippen molar-refractivity contribution in [3.8, 4) is 5.82 Å². The molecular weight excluding hydrogens is 392 g/mol. The minimum absolute atomic E-state index is 0.183. The first kappa shape index (κ1) is 18.3. The van der Waals surface area contributed by atoms with Crippen molar-refractivity contribution < 1.29 is 8.95 Å². The number of nitrogens with one attached hydrogen (secondary N) is 1. The predicted octanol–water partition coefficient (Wildman–Crippen LogP) is 1.31. The molecule has 1 aliphatic rings. The lowest BCUT2D eigenvalue weighted by atomic mass is 10.2. The molecule has 1 aliphatic heterocycles. The van der Waals surface area contributed by atoms with Gasteiger partial charge in [0.15, 0.2) is 11.5 Å². The van der Waals surface area contributed by atoms with Crippen molar-refractivity contribution in [2.24, 2.45) is 0 Å². The molecule has 1 N–H and O–H groups in total. The molecule has 0 saturated carbocycles. The summed E-state index contributed by atoms with van der Waals surface area (Å²) < 4.78 is 23.7. The predicted molar refractivity (Wildman–Crippen MR) is 111 cm³/mol. The van der Waals surface area contributed by atoms with Gasteiger partial charge in [-0.1, -0.05) is 0 Å². The smallest absolute Gasteiger partial charge is 0.202 e. The van der Waals surface area contributed by atoms with Crippen LogP contribution in [-0.2, 0) is 15.9 Å². The largest absolute Gasteiger partial charge is 0.377 e. The third-order valence-corrected chi connectivity index (χ3v) is 6.40. The standard InChI is InChI=1S/C18H22N8O2S/c1-12-11-28-9-8-24(12)17-13-5-7-25(29(27)23(2)3)16(13)14-10-20-26(18(14)21-17)15-4-6-19-22-15/h4-7,10,12H,8-9,11H2,1-3H3,(H,19,22). The summed E-state index contributed by atoms with van der Waals surface area (Å²) >= 11 is -1.36. The summed E-state index contributed by atoms with van der Waals surface area (Å²) in [5.74, 6) is 1.57. The summed E-state index contributed by atoms with van der Waals surface area (Å²) in [5, 5.41) is 13.3. The highest BCUT2D eigenvalue weighted by Crippen LogP contribution is 2.34. The van der Waals surface area contributed by atoms with Gasteiger partial charge in [0.1, 0.15) is 5.82 Å². The number of H-pyrrole nitrogens is 1. The van der Waals surface area contributed by atoms with E-state index in [0.29, 0.717) is 18.9 Å². The van der Waals surface area contributed by atoms with E-state index in [1.54, 1.807) is 39.4 Å². The number of aromatic nitrogens is 6. The summed E-state index contributed by atoms with van der Waals surface area (Å²) in [7, 11) is 3.58. The van der Waals surface area contributed by atoms with Crippen LogP contribution < -0.4 is 4.90 Å². The summed E-state index contributed by atoms with van der Waals surface area (Å²) in [6.45, 7) is 4.16. The van der Waals surface area contributed by atoms with E-state index >= 15 is 0 Å². The summed E-state index contributed by atoms with van der Waals surface area (Å²) in [5.41, 5.74) is 1.53. The molecule has 0 aromatic carbocycles. The Morgan fingerprint density at radius 1 is 1.31 bits per heavy atom. The number of ether oxygens (including phenoxy) is 1. The van der Waals surface area contributed by atoms with Gasteiger partial charge in [-0.2, -0.15) is 14.9 Å². The van der Waals surface area contributed by atoms with Gasteiger partial charge in [0.05, 0.1) is 42.6 Å². The minimum atomic E-state index is -1.36. The van der Waals surface area contributed by atoms with Gasteiger partial charge in [-0.15, -0.1) is 0 Å². The first-order chi connectivity index (χ1) is 14.1. The van der Waals surface area contributed by atoms with E-state index in [4.69, 9.17) is 9.72 Å². The maximum Gasteiger partial charge on any atom is 0.202 e. The number of nitrogens with zero attached hydrogens (tertiary/aromatic N) is 7. The zero-order valence-corrected chi connectivity index (χ0v) is 17.3. The highest BCUT2D eigenvalue weighted by atomic mass is 32.2. The number of rotatable bonds is 4. The molecule has 4 aromatic rings. The zero-order chi connectivity index (χ0) is 20.1. The molecule has 0 aliphatic carbocycles. The van der Waals surface area contributed by atoms with Gasteiger partial charge in [0.25, 0.3) is 0 Å². The Kier molecular flexibility index (Phi) is 4.37. The fourth-order valence-electron chi connectivity index (χ4n) is 3.75. The lowest BCUT2D eigenvalue weighted by Gasteiger charge is -2.34. The van der Waals surface area contributed by atoms with E-state index in [1.807, 2.05) is 18.3 Å². The number of anilines is 1. The van der Waals surface area contributed by atoms with Crippen LogP contribution in [-0.4, -0.2) is 77.3 Å². The van der Waals surface area contributed by atoms with E-state index in [9.17, 15) is 4.21 Å². The molecule has 0 spiro atoms. The average Bonchev–Trinajstić information content (AvgIpc) is 3.45. The quantitative estimate of drug-likeness (QED) is 0.541. The fourth-order valence-corrected chi connectivity index (χ4v) is 4.62. The van der Waals surface area contributed by atoms with Crippen LogP contribution in [0.15, 0.2) is 30.7 Å². The number of fused-ring (bicyclic) bond motifs is 3. The molecule has 5 heterocycles. The van der Waals surface area contributed by atoms with Crippen molar-refractivity contribution in [2.45, 2.75) is 13.0 Å². The molecule has 152 valence electrons. The summed E-state index contributed by atoms with van der Waals surface area (Å²) in [4.78, 5) is 7.26. The summed E-state index contributed by atoms with van der Waals surface area (Å²) in [6, 6.07) is 4.00. The Hall–Kier alpha value is -2.76. The van der Waals surface area contributed by atoms with Crippen molar-refractivity contribution in [1.29, 1.82) is 0 Å². The van der Waals surface area contributed by atoms with Crippen molar-refractivity contribution in [3.05, 3.63) is 30.7 Å². The zero-order valence-electron chi connectivity index (χ0n) is 16.4. The van der Waals surface area contributed by atoms with Gasteiger partial charge in [0.2, 0.25) is 11.2 Å². The lowest BCUT2D eigenvalue weighted by molar-refractivity contribution is 0.0987. The van der Waals surface area contributed by atoms with Gasteiger partial charge >= 0.3 is 0 Å². The van der Waals surface area contributed by atoms with Gasteiger partial charge in [-0.05, 0) is 13.0 Å². The molecule has 4 aromatic heterocycles. The Labute approximate surface area is 169 Å². The number of hydrogen-bond donors (Lipinski definition) is 1. The molecule has 5 rings (SSSR count). The second kappa shape index (κ2) is 6.94. The van der Waals surface area contributed by atoms with Gasteiger partial charge in [-0.3, -0.25) is 9.07 Å². The Morgan fingerprint density at radius 3 is 2.90 bits per heavy atom. The number of aromatic amines is 1. The molecule has 2 unspecified atom stereocenters. The molecule has 1 fully saturated rings. The number of hydrogen-bond acceptors (Lipinski definition) is 6. The van der Waals surface area contributed by atoms with E-state index in [1.165, 1.54) is 0 Å². The van der Waals surface area contributed by atoms with Crippen LogP contribution in [0.4, 0.5) is 5.82 Å². The SMILES string of the molecule is CC1COCCN1c1nc2c(cnn2-c2ccn[nH]2)c2c1ccn2S(=O)N(C)C. The van der Waals surface area contributed by atoms with E-state index in [2.05, 4.69) is 27.1 Å². The van der Waals surface area contributed by atoms with E-state index in [0.717, 1.165) is 34.5 Å². The van der Waals surface area contributed by atoms with Crippen LogP contribution in [0, 0.1) is 0 Å². The van der Waals surface area contributed by atoms with Gasteiger partial charge in [-0.25, -0.2) is 13.5 Å². The normalized spacial score (nSPS) is 18.9. The van der Waals surface area contributed by atoms with E-state index < -0.39 is 11.2 Å². The molecular formula is C18H22N8O2S. The van der Waals surface area contributed by atoms with Crippen LogP contribution in [0.2, 0.25) is 0 Å². The number of pyridine rings is 1. The molecule has 29 heavy (non-hydrogen) atoms. The fraction of sp³-hybridized carbons (Fsp3) is 0.389. The van der Waals surface area contributed by atoms with Crippen molar-refractivity contribution in [3.63, 3.8) is 0 Å². The molecule has 0 radical (unpaired) electrons. The second-order valence-electron chi connectivity index (χ2n) is 7.24. The third-order valence-electron chi connectivity index (χ3n) is 5.14. The van der Waals surface area contributed by atoms with Crippen LogP contribution in [0.3, 0.4) is 0 Å². The van der Waals surface area contributed by atoms with Crippen molar-refractivity contribution in [1.82, 2.24) is 33.2 Å². The van der Waals surface area contributed by atoms with Crippen molar-refractivity contribution >= 4 is 38.9 Å². The Bertz CT molecular complexity index is 1200. The molecule has 11 heteroatoms.